The average molecular weight is 246 g/mol. The Labute approximate surface area is 108 Å². The number of amides is 1. The van der Waals surface area contributed by atoms with Crippen molar-refractivity contribution in [3.63, 3.8) is 0 Å². The number of pyridine rings is 1. The predicted octanol–water partition coefficient (Wildman–Crippen LogP) is 1.30. The number of aliphatic hydroxyl groups is 1. The normalized spacial score (nSPS) is 9.83. The van der Waals surface area contributed by atoms with Crippen molar-refractivity contribution in [1.29, 1.82) is 0 Å². The van der Waals surface area contributed by atoms with Crippen LogP contribution >= 0.6 is 0 Å². The van der Waals surface area contributed by atoms with Gasteiger partial charge in [-0.15, -0.1) is 0 Å². The van der Waals surface area contributed by atoms with Crippen LogP contribution in [0.3, 0.4) is 0 Å². The van der Waals surface area contributed by atoms with E-state index in [1.54, 1.807) is 23.2 Å². The van der Waals surface area contributed by atoms with Crippen molar-refractivity contribution in [3.05, 3.63) is 29.6 Å². The van der Waals surface area contributed by atoms with Gasteiger partial charge in [-0.25, -0.2) is 4.98 Å². The first kappa shape index (κ1) is 14.2. The summed E-state index contributed by atoms with van der Waals surface area (Å²) < 4.78 is 0. The molecule has 1 aromatic heterocycles. The van der Waals surface area contributed by atoms with E-state index in [2.05, 4.69) is 16.8 Å². The summed E-state index contributed by atoms with van der Waals surface area (Å²) in [5, 5.41) is 8.58. The first-order valence-corrected chi connectivity index (χ1v) is 5.96. The minimum Gasteiger partial charge on any atom is -0.384 e. The van der Waals surface area contributed by atoms with Crippen LogP contribution in [0.4, 0.5) is 0 Å². The van der Waals surface area contributed by atoms with Crippen molar-refractivity contribution in [2.24, 2.45) is 0 Å². The van der Waals surface area contributed by atoms with Gasteiger partial charge in [-0.3, -0.25) is 4.79 Å². The molecule has 0 bridgehead atoms. The highest BCUT2D eigenvalue weighted by atomic mass is 16.2. The van der Waals surface area contributed by atoms with E-state index in [1.807, 2.05) is 20.8 Å². The second-order valence-electron chi connectivity index (χ2n) is 4.08. The van der Waals surface area contributed by atoms with Gasteiger partial charge in [0.05, 0.1) is 0 Å². The molecule has 1 N–H and O–H groups in total. The topological polar surface area (TPSA) is 53.4 Å². The van der Waals surface area contributed by atoms with E-state index in [0.717, 1.165) is 0 Å². The Balaban J connectivity index is 2.87. The van der Waals surface area contributed by atoms with Crippen molar-refractivity contribution in [2.45, 2.75) is 26.8 Å². The van der Waals surface area contributed by atoms with Gasteiger partial charge in [0.1, 0.15) is 12.3 Å². The number of rotatable bonds is 3. The summed E-state index contributed by atoms with van der Waals surface area (Å²) in [5.41, 5.74) is 1.10. The van der Waals surface area contributed by atoms with Crippen LogP contribution in [0.1, 0.15) is 36.8 Å². The third-order valence-electron chi connectivity index (χ3n) is 2.52. The van der Waals surface area contributed by atoms with Gasteiger partial charge in [0.25, 0.3) is 5.91 Å². The van der Waals surface area contributed by atoms with Crippen molar-refractivity contribution >= 4 is 5.91 Å². The lowest BCUT2D eigenvalue weighted by Gasteiger charge is -2.24. The highest BCUT2D eigenvalue weighted by Crippen LogP contribution is 2.07. The number of hydrogen-bond acceptors (Lipinski definition) is 3. The number of nitrogens with zero attached hydrogens (tertiary/aromatic N) is 2. The second kappa shape index (κ2) is 6.77. The lowest BCUT2D eigenvalue weighted by molar-refractivity contribution is 0.0711. The summed E-state index contributed by atoms with van der Waals surface area (Å²) in [6.07, 6.45) is 1.55. The number of carbonyl (C=O) groups is 1. The number of aromatic nitrogens is 1. The summed E-state index contributed by atoms with van der Waals surface area (Å²) in [7, 11) is 0. The Bertz CT molecular complexity index is 455. The third-order valence-corrected chi connectivity index (χ3v) is 2.52. The maximum atomic E-state index is 12.1. The fourth-order valence-electron chi connectivity index (χ4n) is 1.63. The maximum absolute atomic E-state index is 12.1. The summed E-state index contributed by atoms with van der Waals surface area (Å²) in [6, 6.07) is 3.55. The summed E-state index contributed by atoms with van der Waals surface area (Å²) >= 11 is 0. The molecule has 0 aliphatic carbocycles. The lowest BCUT2D eigenvalue weighted by Crippen LogP contribution is -2.37. The quantitative estimate of drug-likeness (QED) is 0.818. The van der Waals surface area contributed by atoms with Crippen LogP contribution in [0.5, 0.6) is 0 Å². The minimum atomic E-state index is -0.183. The number of aliphatic hydroxyl groups excluding tert-OH is 1. The molecule has 1 aromatic rings. The van der Waals surface area contributed by atoms with Crippen molar-refractivity contribution < 1.29 is 9.90 Å². The number of carbonyl (C=O) groups excluding carboxylic acids is 1. The molecule has 1 amide bonds. The van der Waals surface area contributed by atoms with Crippen LogP contribution in [0.25, 0.3) is 0 Å². The Morgan fingerprint density at radius 3 is 2.67 bits per heavy atom. The van der Waals surface area contributed by atoms with E-state index in [1.165, 1.54) is 0 Å². The summed E-state index contributed by atoms with van der Waals surface area (Å²) in [6.45, 7) is 6.37. The Kier molecular flexibility index (Phi) is 5.34. The van der Waals surface area contributed by atoms with E-state index in [0.29, 0.717) is 17.8 Å². The van der Waals surface area contributed by atoms with Gasteiger partial charge >= 0.3 is 0 Å². The molecular formula is C14H18N2O2. The molecule has 4 heteroatoms. The van der Waals surface area contributed by atoms with E-state index in [9.17, 15) is 4.79 Å². The third kappa shape index (κ3) is 3.57. The van der Waals surface area contributed by atoms with Crippen LogP contribution < -0.4 is 0 Å². The Morgan fingerprint density at radius 2 is 2.22 bits per heavy atom. The molecule has 0 aliphatic rings. The molecule has 18 heavy (non-hydrogen) atoms. The second-order valence-corrected chi connectivity index (χ2v) is 4.08. The molecule has 0 aromatic carbocycles. The maximum Gasteiger partial charge on any atom is 0.272 e. The number of hydrogen-bond donors (Lipinski definition) is 1. The van der Waals surface area contributed by atoms with Crippen LogP contribution in [0, 0.1) is 11.8 Å². The molecule has 0 fully saturated rings. The average Bonchev–Trinajstić information content (AvgIpc) is 2.37. The molecule has 1 heterocycles. The smallest absolute Gasteiger partial charge is 0.272 e. The van der Waals surface area contributed by atoms with E-state index < -0.39 is 0 Å². The fourth-order valence-corrected chi connectivity index (χ4v) is 1.63. The molecule has 0 radical (unpaired) electrons. The highest BCUT2D eigenvalue weighted by Gasteiger charge is 2.17. The first-order valence-electron chi connectivity index (χ1n) is 5.96. The van der Waals surface area contributed by atoms with E-state index >= 15 is 0 Å². The SMILES string of the molecule is CCN(C(=O)c1ccc(C#CCO)cn1)C(C)C. The van der Waals surface area contributed by atoms with Gasteiger partial charge in [-0.1, -0.05) is 11.8 Å². The molecule has 1 rings (SSSR count). The monoisotopic (exact) mass is 246 g/mol. The largest absolute Gasteiger partial charge is 0.384 e. The van der Waals surface area contributed by atoms with Crippen molar-refractivity contribution in [2.75, 3.05) is 13.2 Å². The molecule has 0 atom stereocenters. The summed E-state index contributed by atoms with van der Waals surface area (Å²) in [4.78, 5) is 18.0. The van der Waals surface area contributed by atoms with Gasteiger partial charge < -0.3 is 10.0 Å². The zero-order valence-corrected chi connectivity index (χ0v) is 11.0. The van der Waals surface area contributed by atoms with Gasteiger partial charge in [0.15, 0.2) is 0 Å². The zero-order valence-electron chi connectivity index (χ0n) is 11.0. The molecule has 0 unspecified atom stereocenters. The molecule has 96 valence electrons. The Hall–Kier alpha value is -1.86. The predicted molar refractivity (Wildman–Crippen MR) is 70.0 cm³/mol. The molecular weight excluding hydrogens is 228 g/mol. The van der Waals surface area contributed by atoms with Crippen LogP contribution in [-0.2, 0) is 0 Å². The van der Waals surface area contributed by atoms with Gasteiger partial charge in [-0.2, -0.15) is 0 Å². The summed E-state index contributed by atoms with van der Waals surface area (Å²) in [5.74, 6) is 5.20. The van der Waals surface area contributed by atoms with E-state index in [-0.39, 0.29) is 18.6 Å². The van der Waals surface area contributed by atoms with Crippen molar-refractivity contribution in [1.82, 2.24) is 9.88 Å². The van der Waals surface area contributed by atoms with Gasteiger partial charge in [0, 0.05) is 24.3 Å². The molecule has 0 aliphatic heterocycles. The fraction of sp³-hybridized carbons (Fsp3) is 0.429. The molecule has 0 saturated carbocycles. The van der Waals surface area contributed by atoms with Crippen LogP contribution in [0.15, 0.2) is 18.3 Å². The standard InChI is InChI=1S/C14H18N2O2/c1-4-16(11(2)3)14(18)13-8-7-12(10-15-13)6-5-9-17/h7-8,10-11,17H,4,9H2,1-3H3. The molecule has 0 saturated heterocycles. The first-order chi connectivity index (χ1) is 8.60. The van der Waals surface area contributed by atoms with Crippen LogP contribution in [-0.4, -0.2) is 40.1 Å². The van der Waals surface area contributed by atoms with Gasteiger partial charge in [-0.05, 0) is 32.9 Å². The van der Waals surface area contributed by atoms with Gasteiger partial charge in [0.2, 0.25) is 0 Å². The van der Waals surface area contributed by atoms with Crippen LogP contribution in [0.2, 0.25) is 0 Å². The lowest BCUT2D eigenvalue weighted by atomic mass is 10.2. The van der Waals surface area contributed by atoms with E-state index in [4.69, 9.17) is 5.11 Å². The van der Waals surface area contributed by atoms with Crippen molar-refractivity contribution in [3.8, 4) is 11.8 Å². The molecule has 4 nitrogen and oxygen atoms in total. The minimum absolute atomic E-state index is 0.0748. The highest BCUT2D eigenvalue weighted by molar-refractivity contribution is 5.92. The Morgan fingerprint density at radius 1 is 1.50 bits per heavy atom. The zero-order chi connectivity index (χ0) is 13.5. The molecule has 0 spiro atoms.